The highest BCUT2D eigenvalue weighted by molar-refractivity contribution is 5.88. The van der Waals surface area contributed by atoms with E-state index in [9.17, 15) is 18.7 Å². The molecule has 1 saturated heterocycles. The van der Waals surface area contributed by atoms with Crippen molar-refractivity contribution in [2.75, 3.05) is 6.61 Å². The Morgan fingerprint density at radius 3 is 2.59 bits per heavy atom. The summed E-state index contributed by atoms with van der Waals surface area (Å²) in [6.45, 7) is 0.956. The number of nitrogens with zero attached hydrogens (tertiary/aromatic N) is 4. The van der Waals surface area contributed by atoms with Crippen molar-refractivity contribution in [3.63, 3.8) is 0 Å². The number of halogens is 3. The molecule has 4 heterocycles. The lowest BCUT2D eigenvalue weighted by atomic mass is 10.1. The molecule has 2 aromatic carbocycles. The number of hydrogen-bond acceptors (Lipinski definition) is 6. The number of carboxylic acid groups (broad SMARTS) is 1. The first-order chi connectivity index (χ1) is 19.8. The van der Waals surface area contributed by atoms with Gasteiger partial charge in [0.05, 0.1) is 18.3 Å². The summed E-state index contributed by atoms with van der Waals surface area (Å²) in [6.07, 6.45) is 1.12. The molecule has 5 aromatic rings. The van der Waals surface area contributed by atoms with Crippen LogP contribution in [0.3, 0.4) is 0 Å². The molecule has 0 bridgehead atoms. The second-order valence-corrected chi connectivity index (χ2v) is 9.64. The van der Waals surface area contributed by atoms with Crippen LogP contribution in [0.15, 0.2) is 66.7 Å². The van der Waals surface area contributed by atoms with E-state index in [4.69, 9.17) is 9.47 Å². The van der Waals surface area contributed by atoms with E-state index in [2.05, 4.69) is 15.0 Å². The van der Waals surface area contributed by atoms with Gasteiger partial charge in [0, 0.05) is 36.3 Å². The lowest BCUT2D eigenvalue weighted by Gasteiger charge is -2.27. The highest BCUT2D eigenvalue weighted by Gasteiger charge is 2.23. The van der Waals surface area contributed by atoms with Gasteiger partial charge in [0.25, 0.3) is 0 Å². The van der Waals surface area contributed by atoms with Gasteiger partial charge in [-0.1, -0.05) is 12.1 Å². The van der Waals surface area contributed by atoms with Crippen molar-refractivity contribution in [2.24, 2.45) is 0 Å². The largest absolute Gasteiger partial charge is 0.477 e. The van der Waals surface area contributed by atoms with Gasteiger partial charge in [-0.3, -0.25) is 0 Å². The summed E-state index contributed by atoms with van der Waals surface area (Å²) in [6, 6.07) is 15.9. The summed E-state index contributed by atoms with van der Waals surface area (Å²) in [5.74, 6) is -2.28. The summed E-state index contributed by atoms with van der Waals surface area (Å²) in [4.78, 5) is 24.8. The molecule has 1 unspecified atom stereocenters. The Balaban J connectivity index is 1.23. The maximum absolute atomic E-state index is 15.3. The first-order valence-electron chi connectivity index (χ1n) is 12.9. The van der Waals surface area contributed by atoms with Crippen LogP contribution in [0.1, 0.15) is 33.9 Å². The SMILES string of the molecule is O=C(O)c1ccc2nc(Cc3ccc(-c4cccc(OCc5ccc(F)cc5F)n4)c(F)c3)n(CC3CCO3)c2n1. The zero-order valence-corrected chi connectivity index (χ0v) is 21.6. The Hall–Kier alpha value is -4.77. The van der Waals surface area contributed by atoms with Crippen molar-refractivity contribution >= 4 is 17.1 Å². The number of pyridine rings is 2. The zero-order chi connectivity index (χ0) is 28.5. The fourth-order valence-electron chi connectivity index (χ4n) is 4.62. The monoisotopic (exact) mass is 560 g/mol. The number of benzene rings is 2. The molecule has 1 fully saturated rings. The van der Waals surface area contributed by atoms with E-state index in [0.717, 1.165) is 18.6 Å². The quantitative estimate of drug-likeness (QED) is 0.252. The molecule has 0 saturated carbocycles. The lowest BCUT2D eigenvalue weighted by Crippen LogP contribution is -2.32. The second kappa shape index (κ2) is 11.0. The number of aromatic carboxylic acids is 1. The van der Waals surface area contributed by atoms with Crippen molar-refractivity contribution in [1.82, 2.24) is 19.5 Å². The predicted octanol–water partition coefficient (Wildman–Crippen LogP) is 5.57. The van der Waals surface area contributed by atoms with E-state index in [1.165, 1.54) is 18.2 Å². The fraction of sp³-hybridized carbons (Fsp3) is 0.200. The van der Waals surface area contributed by atoms with Gasteiger partial charge in [-0.05, 0) is 54.4 Å². The Morgan fingerprint density at radius 2 is 1.85 bits per heavy atom. The van der Waals surface area contributed by atoms with Gasteiger partial charge in [-0.15, -0.1) is 0 Å². The molecular weight excluding hydrogens is 537 g/mol. The van der Waals surface area contributed by atoms with Gasteiger partial charge in [0.1, 0.15) is 35.4 Å². The topological polar surface area (TPSA) is 99.4 Å². The molecule has 6 rings (SSSR count). The molecule has 8 nitrogen and oxygen atoms in total. The lowest BCUT2D eigenvalue weighted by molar-refractivity contribution is -0.0590. The fourth-order valence-corrected chi connectivity index (χ4v) is 4.62. The van der Waals surface area contributed by atoms with Crippen LogP contribution in [0.5, 0.6) is 5.88 Å². The average molecular weight is 561 g/mol. The molecule has 11 heteroatoms. The third-order valence-electron chi connectivity index (χ3n) is 6.86. The first-order valence-corrected chi connectivity index (χ1v) is 12.9. The van der Waals surface area contributed by atoms with Crippen LogP contribution >= 0.6 is 0 Å². The number of aromatic nitrogens is 4. The molecule has 1 aliphatic heterocycles. The van der Waals surface area contributed by atoms with Crippen molar-refractivity contribution < 1.29 is 32.5 Å². The standard InChI is InChI=1S/C30H23F3N4O4/c31-19-6-5-18(22(32)14-19)16-41-28-3-1-2-24(35-28)21-7-4-17(12-23(21)33)13-27-34-25-8-9-26(30(38)39)36-29(25)37(27)15-20-10-11-40-20/h1-9,12,14,20H,10-11,13,15-16H2,(H,38,39). The van der Waals surface area contributed by atoms with Gasteiger partial charge in [0.2, 0.25) is 5.88 Å². The average Bonchev–Trinajstić information content (AvgIpc) is 3.26. The van der Waals surface area contributed by atoms with Gasteiger partial charge >= 0.3 is 5.97 Å². The van der Waals surface area contributed by atoms with E-state index in [0.29, 0.717) is 41.4 Å². The Bertz CT molecular complexity index is 1770. The maximum Gasteiger partial charge on any atom is 0.354 e. The highest BCUT2D eigenvalue weighted by Crippen LogP contribution is 2.27. The van der Waals surface area contributed by atoms with E-state index >= 15 is 4.39 Å². The molecule has 0 spiro atoms. The molecule has 0 radical (unpaired) electrons. The normalized spacial score (nSPS) is 14.7. The number of imidazole rings is 1. The minimum absolute atomic E-state index is 0.0272. The summed E-state index contributed by atoms with van der Waals surface area (Å²) >= 11 is 0. The summed E-state index contributed by atoms with van der Waals surface area (Å²) in [5, 5.41) is 9.39. The summed E-state index contributed by atoms with van der Waals surface area (Å²) < 4.78 is 55.4. The van der Waals surface area contributed by atoms with E-state index in [-0.39, 0.29) is 41.8 Å². The Kier molecular flexibility index (Phi) is 7.10. The Morgan fingerprint density at radius 1 is 1.00 bits per heavy atom. The molecule has 1 atom stereocenters. The molecule has 1 aliphatic rings. The van der Waals surface area contributed by atoms with Gasteiger partial charge in [-0.2, -0.15) is 0 Å². The zero-order valence-electron chi connectivity index (χ0n) is 21.6. The predicted molar refractivity (Wildman–Crippen MR) is 142 cm³/mol. The van der Waals surface area contributed by atoms with Crippen LogP contribution in [0.4, 0.5) is 13.2 Å². The molecule has 41 heavy (non-hydrogen) atoms. The summed E-state index contributed by atoms with van der Waals surface area (Å²) in [7, 11) is 0. The number of carboxylic acids is 1. The van der Waals surface area contributed by atoms with E-state index < -0.39 is 23.4 Å². The number of ether oxygens (including phenoxy) is 2. The smallest absolute Gasteiger partial charge is 0.354 e. The van der Waals surface area contributed by atoms with Gasteiger partial charge in [-0.25, -0.2) is 32.9 Å². The number of fused-ring (bicyclic) bond motifs is 1. The van der Waals surface area contributed by atoms with Gasteiger partial charge < -0.3 is 19.1 Å². The minimum Gasteiger partial charge on any atom is -0.477 e. The molecule has 3 aromatic heterocycles. The van der Waals surface area contributed by atoms with Crippen LogP contribution < -0.4 is 4.74 Å². The number of rotatable bonds is 9. The molecular formula is C30H23F3N4O4. The van der Waals surface area contributed by atoms with Crippen LogP contribution in [0.25, 0.3) is 22.4 Å². The van der Waals surface area contributed by atoms with Gasteiger partial charge in [0.15, 0.2) is 11.3 Å². The maximum atomic E-state index is 15.3. The van der Waals surface area contributed by atoms with Crippen molar-refractivity contribution in [3.8, 4) is 17.1 Å². The second-order valence-electron chi connectivity index (χ2n) is 9.64. The molecule has 0 amide bonds. The van der Waals surface area contributed by atoms with Crippen LogP contribution in [-0.2, 0) is 24.3 Å². The minimum atomic E-state index is -1.13. The third kappa shape index (κ3) is 5.62. The Labute approximate surface area is 232 Å². The molecule has 0 aliphatic carbocycles. The van der Waals surface area contributed by atoms with Crippen LogP contribution in [0, 0.1) is 17.5 Å². The van der Waals surface area contributed by atoms with E-state index in [1.807, 2.05) is 4.57 Å². The van der Waals surface area contributed by atoms with E-state index in [1.54, 1.807) is 36.4 Å². The van der Waals surface area contributed by atoms with Crippen LogP contribution in [0.2, 0.25) is 0 Å². The third-order valence-corrected chi connectivity index (χ3v) is 6.86. The van der Waals surface area contributed by atoms with Crippen molar-refractivity contribution in [1.29, 1.82) is 0 Å². The van der Waals surface area contributed by atoms with Crippen molar-refractivity contribution in [2.45, 2.75) is 32.1 Å². The number of carbonyl (C=O) groups is 1. The highest BCUT2D eigenvalue weighted by atomic mass is 19.1. The van der Waals surface area contributed by atoms with Crippen LogP contribution in [-0.4, -0.2) is 43.3 Å². The molecule has 208 valence electrons. The summed E-state index contributed by atoms with van der Waals surface area (Å²) in [5.41, 5.74) is 2.28. The first kappa shape index (κ1) is 26.5. The number of hydrogen-bond donors (Lipinski definition) is 1. The molecule has 1 N–H and O–H groups in total. The van der Waals surface area contributed by atoms with Crippen molar-refractivity contribution in [3.05, 3.63) is 107 Å².